The van der Waals surface area contributed by atoms with Gasteiger partial charge in [-0.05, 0) is 58.6 Å². The molecule has 0 saturated carbocycles. The van der Waals surface area contributed by atoms with E-state index in [0.717, 1.165) is 27.9 Å². The maximum Gasteiger partial charge on any atom is 0.257 e. The minimum absolute atomic E-state index is 0.0354. The van der Waals surface area contributed by atoms with Gasteiger partial charge in [0.25, 0.3) is 5.91 Å². The van der Waals surface area contributed by atoms with E-state index in [-0.39, 0.29) is 12.5 Å². The zero-order chi connectivity index (χ0) is 16.7. The zero-order valence-corrected chi connectivity index (χ0v) is 15.4. The van der Waals surface area contributed by atoms with Crippen LogP contribution in [0, 0.1) is 0 Å². The second-order valence-corrected chi connectivity index (χ2v) is 6.61. The Hall–Kier alpha value is -1.23. The standard InChI is InChI=1S/C17H16BrCl2NO2/c18-14-10-13(19)7-8-16(14)23-11-17(22)21-9-3-5-12-4-1-2-6-15(12)20/h1-2,4,6-8,10H,3,5,9,11H2,(H,21,22). The highest BCUT2D eigenvalue weighted by atomic mass is 79.9. The van der Waals surface area contributed by atoms with E-state index in [0.29, 0.717) is 17.3 Å². The molecule has 2 aromatic carbocycles. The van der Waals surface area contributed by atoms with Gasteiger partial charge in [-0.25, -0.2) is 0 Å². The molecule has 0 aliphatic heterocycles. The molecular formula is C17H16BrCl2NO2. The summed E-state index contributed by atoms with van der Waals surface area (Å²) in [5.74, 6) is 0.423. The molecular weight excluding hydrogens is 401 g/mol. The van der Waals surface area contributed by atoms with Gasteiger partial charge in [0.05, 0.1) is 4.47 Å². The number of nitrogens with one attached hydrogen (secondary N) is 1. The van der Waals surface area contributed by atoms with Crippen molar-refractivity contribution in [1.82, 2.24) is 5.32 Å². The third kappa shape index (κ3) is 6.05. The summed E-state index contributed by atoms with van der Waals surface area (Å²) in [5.41, 5.74) is 1.09. The molecule has 122 valence electrons. The van der Waals surface area contributed by atoms with Crippen LogP contribution < -0.4 is 10.1 Å². The number of hydrogen-bond acceptors (Lipinski definition) is 2. The molecule has 0 aliphatic rings. The van der Waals surface area contributed by atoms with Crippen molar-refractivity contribution in [3.05, 3.63) is 62.5 Å². The SMILES string of the molecule is O=C(COc1ccc(Cl)cc1Br)NCCCc1ccccc1Cl. The molecule has 2 rings (SSSR count). The lowest BCUT2D eigenvalue weighted by Gasteiger charge is -2.09. The maximum absolute atomic E-state index is 11.8. The molecule has 0 atom stereocenters. The van der Waals surface area contributed by atoms with Gasteiger partial charge in [0.2, 0.25) is 0 Å². The Labute approximate surface area is 154 Å². The Morgan fingerprint density at radius 3 is 2.70 bits per heavy atom. The van der Waals surface area contributed by atoms with Gasteiger partial charge < -0.3 is 10.1 Å². The number of ether oxygens (including phenoxy) is 1. The van der Waals surface area contributed by atoms with E-state index in [1.54, 1.807) is 18.2 Å². The molecule has 0 unspecified atom stereocenters. The van der Waals surface area contributed by atoms with Crippen LogP contribution in [0.25, 0.3) is 0 Å². The van der Waals surface area contributed by atoms with Crippen molar-refractivity contribution in [2.24, 2.45) is 0 Å². The highest BCUT2D eigenvalue weighted by Crippen LogP contribution is 2.27. The van der Waals surface area contributed by atoms with Gasteiger partial charge in [-0.2, -0.15) is 0 Å². The smallest absolute Gasteiger partial charge is 0.257 e. The highest BCUT2D eigenvalue weighted by molar-refractivity contribution is 9.10. The van der Waals surface area contributed by atoms with E-state index < -0.39 is 0 Å². The van der Waals surface area contributed by atoms with Crippen LogP contribution in [0.5, 0.6) is 5.75 Å². The van der Waals surface area contributed by atoms with E-state index in [9.17, 15) is 4.79 Å². The summed E-state index contributed by atoms with van der Waals surface area (Å²) in [6, 6.07) is 12.9. The van der Waals surface area contributed by atoms with Crippen molar-refractivity contribution >= 4 is 45.0 Å². The summed E-state index contributed by atoms with van der Waals surface area (Å²) in [4.78, 5) is 11.8. The molecule has 0 aromatic heterocycles. The van der Waals surface area contributed by atoms with E-state index in [1.807, 2.05) is 24.3 Å². The lowest BCUT2D eigenvalue weighted by atomic mass is 10.1. The number of rotatable bonds is 7. The highest BCUT2D eigenvalue weighted by Gasteiger charge is 2.06. The molecule has 0 aliphatic carbocycles. The normalized spacial score (nSPS) is 10.4. The van der Waals surface area contributed by atoms with Crippen LogP contribution in [0.1, 0.15) is 12.0 Å². The fraction of sp³-hybridized carbons (Fsp3) is 0.235. The van der Waals surface area contributed by atoms with Crippen molar-refractivity contribution < 1.29 is 9.53 Å². The minimum atomic E-state index is -0.161. The molecule has 1 amide bonds. The molecule has 0 bridgehead atoms. The summed E-state index contributed by atoms with van der Waals surface area (Å²) in [6.07, 6.45) is 1.64. The van der Waals surface area contributed by atoms with Gasteiger partial charge in [0.1, 0.15) is 5.75 Å². The number of hydrogen-bond donors (Lipinski definition) is 1. The quantitative estimate of drug-likeness (QED) is 0.653. The van der Waals surface area contributed by atoms with Crippen LogP contribution in [-0.2, 0) is 11.2 Å². The van der Waals surface area contributed by atoms with Crippen LogP contribution in [0.2, 0.25) is 10.0 Å². The summed E-state index contributed by atoms with van der Waals surface area (Å²) in [7, 11) is 0. The van der Waals surface area contributed by atoms with Crippen LogP contribution in [0.3, 0.4) is 0 Å². The number of carbonyl (C=O) groups excluding carboxylic acids is 1. The van der Waals surface area contributed by atoms with Gasteiger partial charge >= 0.3 is 0 Å². The fourth-order valence-electron chi connectivity index (χ4n) is 1.99. The van der Waals surface area contributed by atoms with Gasteiger partial charge in [0, 0.05) is 16.6 Å². The molecule has 0 spiro atoms. The first kappa shape index (κ1) is 18.1. The van der Waals surface area contributed by atoms with E-state index >= 15 is 0 Å². The average molecular weight is 417 g/mol. The molecule has 1 N–H and O–H groups in total. The minimum Gasteiger partial charge on any atom is -0.483 e. The maximum atomic E-state index is 11.8. The van der Waals surface area contributed by atoms with E-state index in [1.165, 1.54) is 0 Å². The summed E-state index contributed by atoms with van der Waals surface area (Å²) >= 11 is 15.3. The summed E-state index contributed by atoms with van der Waals surface area (Å²) < 4.78 is 6.17. The predicted molar refractivity (Wildman–Crippen MR) is 97.4 cm³/mol. The van der Waals surface area contributed by atoms with Crippen molar-refractivity contribution in [1.29, 1.82) is 0 Å². The second-order valence-electron chi connectivity index (χ2n) is 4.91. The van der Waals surface area contributed by atoms with Crippen molar-refractivity contribution in [3.63, 3.8) is 0 Å². The summed E-state index contributed by atoms with van der Waals surface area (Å²) in [6.45, 7) is 0.543. The summed E-state index contributed by atoms with van der Waals surface area (Å²) in [5, 5.41) is 4.19. The molecule has 6 heteroatoms. The van der Waals surface area contributed by atoms with Gasteiger partial charge in [-0.15, -0.1) is 0 Å². The van der Waals surface area contributed by atoms with Crippen LogP contribution in [0.4, 0.5) is 0 Å². The Morgan fingerprint density at radius 2 is 1.96 bits per heavy atom. The lowest BCUT2D eigenvalue weighted by molar-refractivity contribution is -0.123. The topological polar surface area (TPSA) is 38.3 Å². The number of benzene rings is 2. The second kappa shape index (κ2) is 9.16. The van der Waals surface area contributed by atoms with Crippen LogP contribution in [-0.4, -0.2) is 19.1 Å². The van der Waals surface area contributed by atoms with Gasteiger partial charge in [-0.1, -0.05) is 41.4 Å². The number of halogens is 3. The lowest BCUT2D eigenvalue weighted by Crippen LogP contribution is -2.30. The van der Waals surface area contributed by atoms with Gasteiger partial charge in [0.15, 0.2) is 6.61 Å². The average Bonchev–Trinajstić information content (AvgIpc) is 2.52. The number of amides is 1. The largest absolute Gasteiger partial charge is 0.483 e. The van der Waals surface area contributed by atoms with Crippen LogP contribution >= 0.6 is 39.1 Å². The van der Waals surface area contributed by atoms with Crippen molar-refractivity contribution in [3.8, 4) is 5.75 Å². The van der Waals surface area contributed by atoms with Crippen molar-refractivity contribution in [2.45, 2.75) is 12.8 Å². The third-order valence-electron chi connectivity index (χ3n) is 3.16. The monoisotopic (exact) mass is 415 g/mol. The van der Waals surface area contributed by atoms with Gasteiger partial charge in [-0.3, -0.25) is 4.79 Å². The molecule has 0 radical (unpaired) electrons. The molecule has 3 nitrogen and oxygen atoms in total. The first-order valence-electron chi connectivity index (χ1n) is 7.14. The van der Waals surface area contributed by atoms with E-state index in [4.69, 9.17) is 27.9 Å². The number of carbonyl (C=O) groups is 1. The molecule has 23 heavy (non-hydrogen) atoms. The molecule has 2 aromatic rings. The Bertz CT molecular complexity index is 679. The fourth-order valence-corrected chi connectivity index (χ4v) is 3.02. The third-order valence-corrected chi connectivity index (χ3v) is 4.38. The molecule has 0 heterocycles. The first-order valence-corrected chi connectivity index (χ1v) is 8.69. The molecule has 0 saturated heterocycles. The first-order chi connectivity index (χ1) is 11.1. The zero-order valence-electron chi connectivity index (χ0n) is 12.3. The number of aryl methyl sites for hydroxylation is 1. The predicted octanol–water partition coefficient (Wildman–Crippen LogP) is 4.88. The Morgan fingerprint density at radius 1 is 1.17 bits per heavy atom. The Kier molecular flexibility index (Phi) is 7.21. The molecule has 0 fully saturated rings. The van der Waals surface area contributed by atoms with Crippen LogP contribution in [0.15, 0.2) is 46.9 Å². The Balaban J connectivity index is 1.68. The van der Waals surface area contributed by atoms with Crippen molar-refractivity contribution in [2.75, 3.05) is 13.2 Å². The van der Waals surface area contributed by atoms with E-state index in [2.05, 4.69) is 21.2 Å².